The molecule has 0 N–H and O–H groups in total. The minimum Gasteiger partial charge on any atom is -0.299 e. The van der Waals surface area contributed by atoms with E-state index in [-0.39, 0.29) is 5.92 Å². The molecule has 0 aromatic heterocycles. The fourth-order valence-electron chi connectivity index (χ4n) is 1.57. The molecule has 0 aliphatic carbocycles. The van der Waals surface area contributed by atoms with Gasteiger partial charge in [-0.2, -0.15) is 0 Å². The van der Waals surface area contributed by atoms with Crippen LogP contribution in [0.4, 0.5) is 0 Å². The second-order valence-corrected chi connectivity index (χ2v) is 3.82. The van der Waals surface area contributed by atoms with Crippen LogP contribution in [0.5, 0.6) is 0 Å². The zero-order valence-electron chi connectivity index (χ0n) is 8.99. The topological polar surface area (TPSA) is 17.1 Å². The summed E-state index contributed by atoms with van der Waals surface area (Å²) >= 11 is 0. The van der Waals surface area contributed by atoms with Gasteiger partial charge in [-0.3, -0.25) is 4.79 Å². The number of carbonyl (C=O) groups is 1. The highest BCUT2D eigenvalue weighted by Gasteiger charge is 2.11. The molecule has 1 aromatic carbocycles. The van der Waals surface area contributed by atoms with E-state index in [2.05, 4.69) is 6.92 Å². The maximum Gasteiger partial charge on any atom is 0.140 e. The van der Waals surface area contributed by atoms with Crippen LogP contribution in [0, 0.1) is 5.92 Å². The molecule has 0 radical (unpaired) electrons. The third kappa shape index (κ3) is 3.33. The Labute approximate surface area is 86.1 Å². The lowest BCUT2D eigenvalue weighted by Gasteiger charge is -2.08. The summed E-state index contributed by atoms with van der Waals surface area (Å²) in [5, 5.41) is 0. The van der Waals surface area contributed by atoms with Gasteiger partial charge in [0, 0.05) is 12.3 Å². The largest absolute Gasteiger partial charge is 0.299 e. The minimum absolute atomic E-state index is 0.209. The summed E-state index contributed by atoms with van der Waals surface area (Å²) < 4.78 is 0. The van der Waals surface area contributed by atoms with Gasteiger partial charge in [0.15, 0.2) is 0 Å². The Balaban J connectivity index is 2.49. The fourth-order valence-corrected chi connectivity index (χ4v) is 1.57. The zero-order chi connectivity index (χ0) is 10.4. The molecule has 0 aliphatic heterocycles. The van der Waals surface area contributed by atoms with Gasteiger partial charge >= 0.3 is 0 Å². The van der Waals surface area contributed by atoms with Gasteiger partial charge in [-0.1, -0.05) is 50.6 Å². The molecule has 1 atom stereocenters. The number of benzene rings is 1. The van der Waals surface area contributed by atoms with Crippen LogP contribution in [-0.2, 0) is 11.2 Å². The maximum absolute atomic E-state index is 11.7. The van der Waals surface area contributed by atoms with Crippen molar-refractivity contribution in [2.24, 2.45) is 5.92 Å². The molecular formula is C13H18O. The van der Waals surface area contributed by atoms with Gasteiger partial charge in [-0.05, 0) is 12.0 Å². The van der Waals surface area contributed by atoms with Crippen molar-refractivity contribution in [3.8, 4) is 0 Å². The summed E-state index contributed by atoms with van der Waals surface area (Å²) in [6, 6.07) is 9.96. The fraction of sp³-hybridized carbons (Fsp3) is 0.462. The number of hydrogen-bond donors (Lipinski definition) is 0. The highest BCUT2D eigenvalue weighted by Crippen LogP contribution is 2.10. The van der Waals surface area contributed by atoms with Gasteiger partial charge in [0.05, 0.1) is 0 Å². The monoisotopic (exact) mass is 190 g/mol. The predicted octanol–water partition coefficient (Wildman–Crippen LogP) is 3.23. The first kappa shape index (κ1) is 11.0. The number of hydrogen-bond acceptors (Lipinski definition) is 1. The molecular weight excluding hydrogens is 172 g/mol. The van der Waals surface area contributed by atoms with Crippen LogP contribution in [0.1, 0.15) is 32.3 Å². The summed E-state index contributed by atoms with van der Waals surface area (Å²) in [4.78, 5) is 11.7. The predicted molar refractivity (Wildman–Crippen MR) is 59.2 cm³/mol. The molecule has 1 rings (SSSR count). The van der Waals surface area contributed by atoms with Crippen LogP contribution < -0.4 is 0 Å². The van der Waals surface area contributed by atoms with Crippen LogP contribution in [0.2, 0.25) is 0 Å². The second kappa shape index (κ2) is 5.58. The van der Waals surface area contributed by atoms with Crippen LogP contribution >= 0.6 is 0 Å². The number of Topliss-reactive ketones (excluding diaryl/α,β-unsaturated/α-hetero) is 1. The summed E-state index contributed by atoms with van der Waals surface area (Å²) in [7, 11) is 0. The summed E-state index contributed by atoms with van der Waals surface area (Å²) in [5.74, 6) is 0.568. The van der Waals surface area contributed by atoms with Crippen molar-refractivity contribution in [1.29, 1.82) is 0 Å². The van der Waals surface area contributed by atoms with E-state index in [1.165, 1.54) is 0 Å². The first-order chi connectivity index (χ1) is 6.74. The first-order valence-corrected chi connectivity index (χ1v) is 5.30. The highest BCUT2D eigenvalue weighted by atomic mass is 16.1. The molecule has 1 heteroatoms. The van der Waals surface area contributed by atoms with Gasteiger partial charge in [-0.15, -0.1) is 0 Å². The van der Waals surface area contributed by atoms with E-state index in [1.54, 1.807) is 0 Å². The normalized spacial score (nSPS) is 12.4. The maximum atomic E-state index is 11.7. The lowest BCUT2D eigenvalue weighted by molar-refractivity contribution is -0.121. The van der Waals surface area contributed by atoms with Crippen LogP contribution in [0.25, 0.3) is 0 Å². The van der Waals surface area contributed by atoms with Gasteiger partial charge in [0.1, 0.15) is 5.78 Å². The molecule has 0 amide bonds. The quantitative estimate of drug-likeness (QED) is 0.696. The highest BCUT2D eigenvalue weighted by molar-refractivity contribution is 5.82. The lowest BCUT2D eigenvalue weighted by atomic mass is 9.96. The second-order valence-electron chi connectivity index (χ2n) is 3.82. The first-order valence-electron chi connectivity index (χ1n) is 5.30. The number of rotatable bonds is 5. The Bertz CT molecular complexity index is 277. The molecule has 1 unspecified atom stereocenters. The molecule has 14 heavy (non-hydrogen) atoms. The van der Waals surface area contributed by atoms with E-state index in [1.807, 2.05) is 37.3 Å². The summed E-state index contributed by atoms with van der Waals surface area (Å²) in [6.07, 6.45) is 2.68. The molecule has 1 nitrogen and oxygen atoms in total. The third-order valence-electron chi connectivity index (χ3n) is 2.49. The van der Waals surface area contributed by atoms with Crippen molar-refractivity contribution in [2.45, 2.75) is 33.1 Å². The van der Waals surface area contributed by atoms with Crippen molar-refractivity contribution in [3.63, 3.8) is 0 Å². The Morgan fingerprint density at radius 2 is 1.93 bits per heavy atom. The van der Waals surface area contributed by atoms with Gasteiger partial charge in [-0.25, -0.2) is 0 Å². The van der Waals surface area contributed by atoms with Crippen molar-refractivity contribution in [3.05, 3.63) is 35.9 Å². The molecule has 0 saturated carbocycles. The van der Waals surface area contributed by atoms with Crippen molar-refractivity contribution >= 4 is 5.78 Å². The molecule has 0 spiro atoms. The van der Waals surface area contributed by atoms with E-state index in [0.717, 1.165) is 18.4 Å². The Morgan fingerprint density at radius 1 is 1.29 bits per heavy atom. The van der Waals surface area contributed by atoms with E-state index in [9.17, 15) is 4.79 Å². The van der Waals surface area contributed by atoms with E-state index < -0.39 is 0 Å². The SMILES string of the molecule is CCCC(C)C(=O)Cc1ccccc1. The van der Waals surface area contributed by atoms with Crippen LogP contribution in [0.15, 0.2) is 30.3 Å². The Morgan fingerprint density at radius 3 is 2.50 bits per heavy atom. The number of ketones is 1. The average molecular weight is 190 g/mol. The van der Waals surface area contributed by atoms with E-state index in [0.29, 0.717) is 12.2 Å². The number of carbonyl (C=O) groups excluding carboxylic acids is 1. The molecule has 0 saturated heterocycles. The van der Waals surface area contributed by atoms with Crippen LogP contribution in [-0.4, -0.2) is 5.78 Å². The Kier molecular flexibility index (Phi) is 4.37. The zero-order valence-corrected chi connectivity index (χ0v) is 8.99. The van der Waals surface area contributed by atoms with E-state index >= 15 is 0 Å². The molecule has 76 valence electrons. The van der Waals surface area contributed by atoms with Gasteiger partial charge in [0.2, 0.25) is 0 Å². The molecule has 0 fully saturated rings. The molecule has 0 bridgehead atoms. The van der Waals surface area contributed by atoms with E-state index in [4.69, 9.17) is 0 Å². The van der Waals surface area contributed by atoms with Crippen molar-refractivity contribution in [1.82, 2.24) is 0 Å². The Hall–Kier alpha value is -1.11. The van der Waals surface area contributed by atoms with Crippen LogP contribution in [0.3, 0.4) is 0 Å². The summed E-state index contributed by atoms with van der Waals surface area (Å²) in [6.45, 7) is 4.14. The molecule has 1 aromatic rings. The van der Waals surface area contributed by atoms with Gasteiger partial charge in [0.25, 0.3) is 0 Å². The molecule has 0 heterocycles. The smallest absolute Gasteiger partial charge is 0.140 e. The standard InChI is InChI=1S/C13H18O/c1-3-7-11(2)13(14)10-12-8-5-4-6-9-12/h4-6,8-9,11H,3,7,10H2,1-2H3. The lowest BCUT2D eigenvalue weighted by Crippen LogP contribution is -2.13. The van der Waals surface area contributed by atoms with Gasteiger partial charge < -0.3 is 0 Å². The average Bonchev–Trinajstić information content (AvgIpc) is 2.19. The summed E-state index contributed by atoms with van der Waals surface area (Å²) in [5.41, 5.74) is 1.13. The minimum atomic E-state index is 0.209. The molecule has 0 aliphatic rings. The van der Waals surface area contributed by atoms with Crippen molar-refractivity contribution < 1.29 is 4.79 Å². The van der Waals surface area contributed by atoms with Crippen molar-refractivity contribution in [2.75, 3.05) is 0 Å². The third-order valence-corrected chi connectivity index (χ3v) is 2.49.